The summed E-state index contributed by atoms with van der Waals surface area (Å²) in [6.45, 7) is -0.0990. The summed E-state index contributed by atoms with van der Waals surface area (Å²) < 4.78 is 7.44. The highest BCUT2D eigenvalue weighted by atomic mass is 16.5. The van der Waals surface area contributed by atoms with E-state index in [0.29, 0.717) is 23.4 Å². The van der Waals surface area contributed by atoms with Crippen LogP contribution in [0.5, 0.6) is 0 Å². The molecular weight excluding hydrogens is 250 g/mol. The predicted molar refractivity (Wildman–Crippen MR) is 65.9 cm³/mol. The Labute approximate surface area is 108 Å². The Morgan fingerprint density at radius 2 is 2.16 bits per heavy atom. The monoisotopic (exact) mass is 265 g/mol. The maximum Gasteiger partial charge on any atom is 0.167 e. The van der Waals surface area contributed by atoms with Crippen LogP contribution in [0.1, 0.15) is 12.6 Å². The molecule has 0 spiro atoms. The molecule has 0 bridgehead atoms. The van der Waals surface area contributed by atoms with Gasteiger partial charge in [-0.05, 0) is 6.42 Å². The first-order chi connectivity index (χ1) is 9.24. The van der Waals surface area contributed by atoms with Gasteiger partial charge in [0.25, 0.3) is 0 Å². The Balaban J connectivity index is 2.02. The van der Waals surface area contributed by atoms with E-state index >= 15 is 0 Å². The van der Waals surface area contributed by atoms with Crippen LogP contribution < -0.4 is 5.73 Å². The minimum absolute atomic E-state index is 0.0264. The molecule has 102 valence electrons. The molecule has 19 heavy (non-hydrogen) atoms. The Bertz CT molecular complexity index is 587. The largest absolute Gasteiger partial charge is 0.396 e. The molecule has 1 fully saturated rings. The fourth-order valence-electron chi connectivity index (χ4n) is 2.45. The third kappa shape index (κ3) is 1.93. The second-order valence-electron chi connectivity index (χ2n) is 4.59. The fraction of sp³-hybridized carbons (Fsp3) is 0.545. The molecule has 1 aliphatic rings. The number of nitrogen functional groups attached to an aromatic ring is 1. The van der Waals surface area contributed by atoms with Crippen LogP contribution in [0.4, 0.5) is 5.82 Å². The van der Waals surface area contributed by atoms with Crippen molar-refractivity contribution in [2.45, 2.75) is 18.8 Å². The van der Waals surface area contributed by atoms with Gasteiger partial charge in [0.1, 0.15) is 18.1 Å². The molecule has 0 radical (unpaired) electrons. The van der Waals surface area contributed by atoms with Crippen molar-refractivity contribution in [1.29, 1.82) is 0 Å². The number of anilines is 1. The van der Waals surface area contributed by atoms with Crippen molar-refractivity contribution in [3.05, 3.63) is 12.7 Å². The number of nitrogens with zero attached hydrogens (tertiary/aromatic N) is 4. The van der Waals surface area contributed by atoms with Crippen LogP contribution in [0.3, 0.4) is 0 Å². The zero-order chi connectivity index (χ0) is 13.4. The Morgan fingerprint density at radius 3 is 2.89 bits per heavy atom. The summed E-state index contributed by atoms with van der Waals surface area (Å²) in [5.41, 5.74) is 6.81. The summed E-state index contributed by atoms with van der Waals surface area (Å²) in [5, 5.41) is 18.6. The van der Waals surface area contributed by atoms with Gasteiger partial charge in [-0.25, -0.2) is 15.0 Å². The lowest BCUT2D eigenvalue weighted by Crippen LogP contribution is -2.18. The van der Waals surface area contributed by atoms with Crippen molar-refractivity contribution >= 4 is 17.0 Å². The van der Waals surface area contributed by atoms with Gasteiger partial charge in [0.2, 0.25) is 0 Å². The molecule has 8 nitrogen and oxygen atoms in total. The molecular formula is C11H15N5O3. The molecule has 4 N–H and O–H groups in total. The molecule has 2 aromatic heterocycles. The van der Waals surface area contributed by atoms with Gasteiger partial charge in [-0.1, -0.05) is 0 Å². The molecule has 0 aliphatic carbocycles. The van der Waals surface area contributed by atoms with E-state index in [1.54, 1.807) is 10.9 Å². The van der Waals surface area contributed by atoms with Crippen LogP contribution in [0.15, 0.2) is 12.7 Å². The zero-order valence-electron chi connectivity index (χ0n) is 10.2. The van der Waals surface area contributed by atoms with E-state index in [2.05, 4.69) is 15.0 Å². The predicted octanol–water partition coefficient (Wildman–Crippen LogP) is -0.703. The van der Waals surface area contributed by atoms with Crippen molar-refractivity contribution in [2.24, 2.45) is 5.92 Å². The van der Waals surface area contributed by atoms with E-state index in [1.165, 1.54) is 6.33 Å². The van der Waals surface area contributed by atoms with Crippen LogP contribution in [0.25, 0.3) is 11.2 Å². The summed E-state index contributed by atoms with van der Waals surface area (Å²) in [7, 11) is 0. The summed E-state index contributed by atoms with van der Waals surface area (Å²) in [6.07, 6.45) is 2.85. The maximum absolute atomic E-state index is 9.42. The van der Waals surface area contributed by atoms with Gasteiger partial charge in [-0.3, -0.25) is 4.57 Å². The van der Waals surface area contributed by atoms with Crippen LogP contribution >= 0.6 is 0 Å². The second-order valence-corrected chi connectivity index (χ2v) is 4.59. The lowest BCUT2D eigenvalue weighted by molar-refractivity contribution is -0.0364. The molecule has 1 aliphatic heterocycles. The fourth-order valence-corrected chi connectivity index (χ4v) is 2.45. The summed E-state index contributed by atoms with van der Waals surface area (Å²) in [6, 6.07) is 0. The molecule has 1 unspecified atom stereocenters. The van der Waals surface area contributed by atoms with Gasteiger partial charge >= 0.3 is 0 Å². The topological polar surface area (TPSA) is 119 Å². The smallest absolute Gasteiger partial charge is 0.167 e. The van der Waals surface area contributed by atoms with Gasteiger partial charge in [0.05, 0.1) is 25.6 Å². The van der Waals surface area contributed by atoms with Gasteiger partial charge < -0.3 is 20.7 Å². The van der Waals surface area contributed by atoms with E-state index in [0.717, 1.165) is 0 Å². The number of hydrogen-bond acceptors (Lipinski definition) is 7. The molecule has 0 amide bonds. The number of ether oxygens (including phenoxy) is 1. The summed E-state index contributed by atoms with van der Waals surface area (Å²) >= 11 is 0. The first kappa shape index (κ1) is 12.3. The molecule has 3 heterocycles. The van der Waals surface area contributed by atoms with E-state index in [1.807, 2.05) is 0 Å². The molecule has 0 aromatic carbocycles. The van der Waals surface area contributed by atoms with Crippen LogP contribution in [-0.4, -0.2) is 49.0 Å². The van der Waals surface area contributed by atoms with E-state index in [-0.39, 0.29) is 25.2 Å². The van der Waals surface area contributed by atoms with Gasteiger partial charge in [0, 0.05) is 5.92 Å². The molecule has 8 heteroatoms. The number of rotatable bonds is 3. The highest BCUT2D eigenvalue weighted by Crippen LogP contribution is 2.35. The number of fused-ring (bicyclic) bond motifs is 1. The van der Waals surface area contributed by atoms with Crippen molar-refractivity contribution < 1.29 is 14.9 Å². The average molecular weight is 265 g/mol. The molecule has 2 aromatic rings. The first-order valence-electron chi connectivity index (χ1n) is 6.04. The molecule has 3 rings (SSSR count). The first-order valence-corrected chi connectivity index (χ1v) is 6.04. The average Bonchev–Trinajstić information content (AvgIpc) is 3.02. The number of aliphatic hydroxyl groups is 2. The summed E-state index contributed by atoms with van der Waals surface area (Å²) in [4.78, 5) is 12.2. The third-order valence-electron chi connectivity index (χ3n) is 3.40. The molecule has 1 saturated heterocycles. The number of aliphatic hydroxyl groups excluding tert-OH is 2. The third-order valence-corrected chi connectivity index (χ3v) is 3.40. The van der Waals surface area contributed by atoms with E-state index in [9.17, 15) is 10.2 Å². The number of hydrogen-bond donors (Lipinski definition) is 3. The number of nitrogens with two attached hydrogens (primary N) is 1. The van der Waals surface area contributed by atoms with Crippen LogP contribution in [0, 0.1) is 5.92 Å². The summed E-state index contributed by atoms with van der Waals surface area (Å²) in [5.74, 6) is 0.201. The second kappa shape index (κ2) is 4.72. The molecule has 0 saturated carbocycles. The Hall–Kier alpha value is -1.77. The normalized spacial score (nSPS) is 27.2. The van der Waals surface area contributed by atoms with E-state index < -0.39 is 6.23 Å². The standard InChI is InChI=1S/C11H15N5O3/c12-9-8-10(14-4-13-9)16(5-15-8)11-6(2-17)1-7(3-18)19-11/h4-7,11,17-18H,1-3H2,(H2,12,13,14)/t6?,7-,11+/m0/s1. The Kier molecular flexibility index (Phi) is 3.05. The molecule has 3 atom stereocenters. The SMILES string of the molecule is Nc1ncnc2c1ncn2[C@@H]1O[C@H](CO)CC1CO. The number of aromatic nitrogens is 4. The van der Waals surface area contributed by atoms with Crippen molar-refractivity contribution in [1.82, 2.24) is 19.5 Å². The van der Waals surface area contributed by atoms with Crippen LogP contribution in [-0.2, 0) is 4.74 Å². The maximum atomic E-state index is 9.42. The van der Waals surface area contributed by atoms with E-state index in [4.69, 9.17) is 10.5 Å². The lowest BCUT2D eigenvalue weighted by Gasteiger charge is -2.18. The van der Waals surface area contributed by atoms with Gasteiger partial charge in [-0.15, -0.1) is 0 Å². The van der Waals surface area contributed by atoms with Crippen LogP contribution in [0.2, 0.25) is 0 Å². The highest BCUT2D eigenvalue weighted by molar-refractivity contribution is 5.81. The van der Waals surface area contributed by atoms with Crippen molar-refractivity contribution in [2.75, 3.05) is 18.9 Å². The van der Waals surface area contributed by atoms with Crippen molar-refractivity contribution in [3.8, 4) is 0 Å². The minimum Gasteiger partial charge on any atom is -0.396 e. The quantitative estimate of drug-likeness (QED) is 0.671. The Morgan fingerprint density at radius 1 is 1.32 bits per heavy atom. The zero-order valence-corrected chi connectivity index (χ0v) is 10.2. The van der Waals surface area contributed by atoms with Gasteiger partial charge in [-0.2, -0.15) is 0 Å². The lowest BCUT2D eigenvalue weighted by atomic mass is 10.0. The minimum atomic E-state index is -0.401. The van der Waals surface area contributed by atoms with Crippen molar-refractivity contribution in [3.63, 3.8) is 0 Å². The highest BCUT2D eigenvalue weighted by Gasteiger charge is 2.36. The van der Waals surface area contributed by atoms with Gasteiger partial charge in [0.15, 0.2) is 11.5 Å². The number of imidazole rings is 1.